The first kappa shape index (κ1) is 10.8. The number of ether oxygens (including phenoxy) is 1. The fraction of sp³-hybridized carbons (Fsp3) is 0.455. The summed E-state index contributed by atoms with van der Waals surface area (Å²) < 4.78 is 18.8. The lowest BCUT2D eigenvalue weighted by Gasteiger charge is -2.14. The summed E-state index contributed by atoms with van der Waals surface area (Å²) in [4.78, 5) is 0. The number of thioether (sulfide) groups is 1. The van der Waals surface area contributed by atoms with Crippen LogP contribution >= 0.6 is 11.8 Å². The van der Waals surface area contributed by atoms with Crippen molar-refractivity contribution >= 4 is 11.8 Å². The van der Waals surface area contributed by atoms with Gasteiger partial charge in [0.25, 0.3) is 0 Å². The van der Waals surface area contributed by atoms with Gasteiger partial charge in [0.05, 0.1) is 7.11 Å². The first-order valence-corrected chi connectivity index (χ1v) is 6.07. The third kappa shape index (κ3) is 2.11. The van der Waals surface area contributed by atoms with E-state index in [0.717, 1.165) is 23.3 Å². The normalized spacial score (nSPS) is 20.6. The number of hydrogen-bond acceptors (Lipinski definition) is 3. The van der Waals surface area contributed by atoms with Gasteiger partial charge < -0.3 is 10.5 Å². The molecule has 0 aliphatic carbocycles. The maximum absolute atomic E-state index is 13.7. The Labute approximate surface area is 93.0 Å². The maximum Gasteiger partial charge on any atom is 0.131 e. The van der Waals surface area contributed by atoms with Gasteiger partial charge in [-0.05, 0) is 23.8 Å². The van der Waals surface area contributed by atoms with Gasteiger partial charge in [0.15, 0.2) is 0 Å². The zero-order chi connectivity index (χ0) is 10.8. The Hall–Kier alpha value is -0.740. The highest BCUT2D eigenvalue weighted by molar-refractivity contribution is 7.98. The molecule has 82 valence electrons. The van der Waals surface area contributed by atoms with Gasteiger partial charge in [0, 0.05) is 23.4 Å². The predicted molar refractivity (Wildman–Crippen MR) is 60.7 cm³/mol. The van der Waals surface area contributed by atoms with Gasteiger partial charge in [-0.15, -0.1) is 0 Å². The number of fused-ring (bicyclic) bond motifs is 1. The molecule has 1 aromatic carbocycles. The zero-order valence-electron chi connectivity index (χ0n) is 8.63. The van der Waals surface area contributed by atoms with Crippen LogP contribution in [0.5, 0.6) is 5.75 Å². The van der Waals surface area contributed by atoms with Crippen LogP contribution in [0.2, 0.25) is 0 Å². The van der Waals surface area contributed by atoms with Crippen molar-refractivity contribution in [2.45, 2.75) is 18.2 Å². The molecule has 0 fully saturated rings. The van der Waals surface area contributed by atoms with Crippen molar-refractivity contribution in [2.24, 2.45) is 5.73 Å². The van der Waals surface area contributed by atoms with Crippen LogP contribution in [0.1, 0.15) is 23.6 Å². The second-order valence-corrected chi connectivity index (χ2v) is 4.73. The van der Waals surface area contributed by atoms with Gasteiger partial charge in [-0.25, -0.2) is 4.39 Å². The van der Waals surface area contributed by atoms with Gasteiger partial charge in [-0.1, -0.05) is 0 Å². The maximum atomic E-state index is 13.7. The van der Waals surface area contributed by atoms with Gasteiger partial charge in [0.1, 0.15) is 11.6 Å². The minimum atomic E-state index is -0.200. The molecule has 0 unspecified atom stereocenters. The molecular weight excluding hydrogens is 213 g/mol. The molecule has 1 atom stereocenters. The molecule has 1 aliphatic heterocycles. The number of halogens is 1. The highest BCUT2D eigenvalue weighted by Crippen LogP contribution is 2.33. The van der Waals surface area contributed by atoms with Crippen molar-refractivity contribution in [3.05, 3.63) is 29.1 Å². The van der Waals surface area contributed by atoms with Crippen LogP contribution in [0.25, 0.3) is 0 Å². The third-order valence-electron chi connectivity index (χ3n) is 2.66. The molecular formula is C11H14FNOS. The Balaban J connectivity index is 2.50. The Morgan fingerprint density at radius 3 is 3.07 bits per heavy atom. The Kier molecular flexibility index (Phi) is 3.17. The lowest BCUT2D eigenvalue weighted by atomic mass is 9.99. The van der Waals surface area contributed by atoms with E-state index in [2.05, 4.69) is 0 Å². The minimum absolute atomic E-state index is 0.0698. The van der Waals surface area contributed by atoms with E-state index in [4.69, 9.17) is 10.5 Å². The second kappa shape index (κ2) is 4.41. The summed E-state index contributed by atoms with van der Waals surface area (Å²) in [6.07, 6.45) is 0.893. The average Bonchev–Trinajstić information content (AvgIpc) is 2.41. The van der Waals surface area contributed by atoms with E-state index in [1.807, 2.05) is 6.07 Å². The standard InChI is InChI=1S/C11H14FNOS/c1-14-7-4-8-9(10(12)5-7)6-15-3-2-11(8)13/h4-5,11H,2-3,6,13H2,1H3/t11-/m0/s1. The molecule has 4 heteroatoms. The topological polar surface area (TPSA) is 35.2 Å². The second-order valence-electron chi connectivity index (χ2n) is 3.62. The summed E-state index contributed by atoms with van der Waals surface area (Å²) in [6.45, 7) is 0. The molecule has 0 saturated carbocycles. The summed E-state index contributed by atoms with van der Waals surface area (Å²) in [6, 6.07) is 3.21. The molecule has 1 aliphatic rings. The van der Waals surface area contributed by atoms with E-state index in [1.165, 1.54) is 13.2 Å². The molecule has 15 heavy (non-hydrogen) atoms. The van der Waals surface area contributed by atoms with Gasteiger partial charge in [0.2, 0.25) is 0 Å². The van der Waals surface area contributed by atoms with Crippen LogP contribution in [-0.4, -0.2) is 12.9 Å². The molecule has 0 spiro atoms. The molecule has 0 aromatic heterocycles. The Bertz CT molecular complexity index is 370. The van der Waals surface area contributed by atoms with Crippen LogP contribution in [0.4, 0.5) is 4.39 Å². The largest absolute Gasteiger partial charge is 0.497 e. The van der Waals surface area contributed by atoms with Gasteiger partial charge in [-0.3, -0.25) is 0 Å². The first-order valence-electron chi connectivity index (χ1n) is 4.92. The first-order chi connectivity index (χ1) is 7.22. The van der Waals surface area contributed by atoms with E-state index in [0.29, 0.717) is 11.5 Å². The SMILES string of the molecule is COc1cc(F)c2c(c1)[C@@H](N)CCSC2. The molecule has 2 nitrogen and oxygen atoms in total. The van der Waals surface area contributed by atoms with Crippen molar-refractivity contribution in [3.8, 4) is 5.75 Å². The summed E-state index contributed by atoms with van der Waals surface area (Å²) >= 11 is 1.73. The zero-order valence-corrected chi connectivity index (χ0v) is 9.44. The fourth-order valence-electron chi connectivity index (χ4n) is 1.77. The molecule has 1 aromatic rings. The van der Waals surface area contributed by atoms with Gasteiger partial charge >= 0.3 is 0 Å². The van der Waals surface area contributed by atoms with E-state index in [9.17, 15) is 4.39 Å². The molecule has 0 bridgehead atoms. The highest BCUT2D eigenvalue weighted by atomic mass is 32.2. The molecule has 0 amide bonds. The summed E-state index contributed by atoms with van der Waals surface area (Å²) in [5.74, 6) is 2.04. The number of methoxy groups -OCH3 is 1. The smallest absolute Gasteiger partial charge is 0.131 e. The molecule has 1 heterocycles. The van der Waals surface area contributed by atoms with Crippen LogP contribution in [0.15, 0.2) is 12.1 Å². The van der Waals surface area contributed by atoms with Crippen LogP contribution in [0, 0.1) is 5.82 Å². The number of benzene rings is 1. The lowest BCUT2D eigenvalue weighted by molar-refractivity contribution is 0.409. The highest BCUT2D eigenvalue weighted by Gasteiger charge is 2.19. The van der Waals surface area contributed by atoms with Crippen molar-refractivity contribution < 1.29 is 9.13 Å². The molecule has 0 saturated heterocycles. The van der Waals surface area contributed by atoms with E-state index >= 15 is 0 Å². The van der Waals surface area contributed by atoms with E-state index in [-0.39, 0.29) is 11.9 Å². The van der Waals surface area contributed by atoms with Gasteiger partial charge in [-0.2, -0.15) is 11.8 Å². The summed E-state index contributed by atoms with van der Waals surface area (Å²) in [7, 11) is 1.54. The number of nitrogens with two attached hydrogens (primary N) is 1. The molecule has 2 rings (SSSR count). The number of hydrogen-bond donors (Lipinski definition) is 1. The Morgan fingerprint density at radius 2 is 2.33 bits per heavy atom. The van der Waals surface area contributed by atoms with Crippen molar-refractivity contribution in [2.75, 3.05) is 12.9 Å². The quantitative estimate of drug-likeness (QED) is 0.800. The van der Waals surface area contributed by atoms with E-state index < -0.39 is 0 Å². The fourth-order valence-corrected chi connectivity index (χ4v) is 2.85. The predicted octanol–water partition coefficient (Wildman–Crippen LogP) is 2.47. The Morgan fingerprint density at radius 1 is 1.53 bits per heavy atom. The van der Waals surface area contributed by atoms with Crippen LogP contribution in [-0.2, 0) is 5.75 Å². The van der Waals surface area contributed by atoms with Crippen LogP contribution in [0.3, 0.4) is 0 Å². The minimum Gasteiger partial charge on any atom is -0.497 e. The van der Waals surface area contributed by atoms with E-state index in [1.54, 1.807) is 11.8 Å². The average molecular weight is 227 g/mol. The summed E-state index contributed by atoms with van der Waals surface area (Å²) in [5.41, 5.74) is 7.64. The van der Waals surface area contributed by atoms with Crippen molar-refractivity contribution in [1.82, 2.24) is 0 Å². The number of rotatable bonds is 1. The molecule has 2 N–H and O–H groups in total. The monoisotopic (exact) mass is 227 g/mol. The molecule has 0 radical (unpaired) electrons. The third-order valence-corrected chi connectivity index (χ3v) is 3.68. The van der Waals surface area contributed by atoms with Crippen LogP contribution < -0.4 is 10.5 Å². The lowest BCUT2D eigenvalue weighted by Crippen LogP contribution is -2.12. The van der Waals surface area contributed by atoms with Crippen molar-refractivity contribution in [3.63, 3.8) is 0 Å². The van der Waals surface area contributed by atoms with Crippen molar-refractivity contribution in [1.29, 1.82) is 0 Å². The summed E-state index contributed by atoms with van der Waals surface area (Å²) in [5, 5.41) is 0.